The summed E-state index contributed by atoms with van der Waals surface area (Å²) in [4.78, 5) is 15.9. The number of hydrogen-bond acceptors (Lipinski definition) is 3. The minimum Gasteiger partial charge on any atom is -0.436 e. The fraction of sp³-hybridized carbons (Fsp3) is 0. The molecule has 0 saturated carbocycles. The van der Waals surface area contributed by atoms with Crippen LogP contribution in [0.5, 0.6) is 0 Å². The zero-order valence-electron chi connectivity index (χ0n) is 14.3. The molecule has 0 fully saturated rings. The highest BCUT2D eigenvalue weighted by Crippen LogP contribution is 2.45. The summed E-state index contributed by atoms with van der Waals surface area (Å²) in [5.41, 5.74) is 11.6. The van der Waals surface area contributed by atoms with Crippen LogP contribution in [0.3, 0.4) is 0 Å². The Morgan fingerprint density at radius 1 is 0.852 bits per heavy atom. The number of hydrogen-bond donors (Lipinski definition) is 1. The van der Waals surface area contributed by atoms with Crippen molar-refractivity contribution in [1.82, 2.24) is 4.98 Å². The third-order valence-corrected chi connectivity index (χ3v) is 4.67. The Kier molecular flexibility index (Phi) is 3.44. The lowest BCUT2D eigenvalue weighted by molar-refractivity contribution is 0.100. The summed E-state index contributed by atoms with van der Waals surface area (Å²) >= 11 is 0. The lowest BCUT2D eigenvalue weighted by atomic mass is 10.0. The van der Waals surface area contributed by atoms with Crippen LogP contribution in [0.2, 0.25) is 0 Å². The number of rotatable bonds is 4. The number of carbonyl (C=O) groups excluding carboxylic acids is 1. The molecule has 1 aliphatic carbocycles. The number of fused-ring (bicyclic) bond motifs is 1. The van der Waals surface area contributed by atoms with E-state index < -0.39 is 5.91 Å². The van der Waals surface area contributed by atoms with Crippen LogP contribution in [-0.2, 0) is 0 Å². The van der Waals surface area contributed by atoms with Gasteiger partial charge in [0.1, 0.15) is 5.52 Å². The van der Waals surface area contributed by atoms with Crippen LogP contribution in [-0.4, -0.2) is 10.9 Å². The van der Waals surface area contributed by atoms with E-state index in [0.29, 0.717) is 17.0 Å². The smallest absolute Gasteiger partial charge is 0.248 e. The Bertz CT molecular complexity index is 1210. The molecule has 4 heteroatoms. The van der Waals surface area contributed by atoms with E-state index in [1.54, 1.807) is 18.2 Å². The first-order valence-corrected chi connectivity index (χ1v) is 8.65. The average Bonchev–Trinajstić information content (AvgIpc) is 3.39. The molecular weight excluding hydrogens is 336 g/mol. The Morgan fingerprint density at radius 3 is 2.48 bits per heavy atom. The molecule has 0 unspecified atom stereocenters. The number of aromatic nitrogens is 1. The zero-order chi connectivity index (χ0) is 18.4. The Labute approximate surface area is 156 Å². The predicted molar refractivity (Wildman–Crippen MR) is 105 cm³/mol. The molecule has 4 nitrogen and oxygen atoms in total. The van der Waals surface area contributed by atoms with Gasteiger partial charge in [-0.05, 0) is 47.0 Å². The van der Waals surface area contributed by atoms with E-state index in [0.717, 1.165) is 16.6 Å². The Hall–Kier alpha value is -3.66. The summed E-state index contributed by atoms with van der Waals surface area (Å²) in [6, 6.07) is 23.3. The first-order chi connectivity index (χ1) is 13.2. The van der Waals surface area contributed by atoms with Crippen LogP contribution in [0.4, 0.5) is 0 Å². The lowest BCUT2D eigenvalue weighted by Gasteiger charge is -2.00. The van der Waals surface area contributed by atoms with Crippen molar-refractivity contribution in [1.29, 1.82) is 0 Å². The second kappa shape index (κ2) is 5.95. The summed E-state index contributed by atoms with van der Waals surface area (Å²) in [6.07, 6.45) is 2.17. The molecule has 0 atom stereocenters. The number of nitrogens with zero attached hydrogens (tertiary/aromatic N) is 1. The van der Waals surface area contributed by atoms with Crippen LogP contribution in [0.25, 0.3) is 28.1 Å². The fourth-order valence-electron chi connectivity index (χ4n) is 3.22. The molecular formula is C23H15N2O2. The molecule has 1 aromatic heterocycles. The van der Waals surface area contributed by atoms with Gasteiger partial charge in [0.2, 0.25) is 11.8 Å². The summed E-state index contributed by atoms with van der Waals surface area (Å²) in [5.74, 6) is 1.26. The minimum absolute atomic E-state index is 0.431. The summed E-state index contributed by atoms with van der Waals surface area (Å²) in [7, 11) is 0. The molecule has 1 heterocycles. The van der Waals surface area contributed by atoms with Crippen molar-refractivity contribution >= 4 is 22.6 Å². The maximum absolute atomic E-state index is 11.4. The largest absolute Gasteiger partial charge is 0.436 e. The summed E-state index contributed by atoms with van der Waals surface area (Å²) < 4.78 is 5.95. The number of primary amides is 1. The van der Waals surface area contributed by atoms with Gasteiger partial charge in [-0.3, -0.25) is 4.79 Å². The molecule has 4 aromatic rings. The maximum Gasteiger partial charge on any atom is 0.248 e. The predicted octanol–water partition coefficient (Wildman–Crippen LogP) is 4.61. The number of benzene rings is 3. The van der Waals surface area contributed by atoms with Crippen molar-refractivity contribution in [2.24, 2.45) is 5.73 Å². The van der Waals surface area contributed by atoms with Gasteiger partial charge in [0.05, 0.1) is 5.92 Å². The molecule has 1 aliphatic rings. The highest BCUT2D eigenvalue weighted by atomic mass is 16.3. The van der Waals surface area contributed by atoms with Crippen molar-refractivity contribution in [2.75, 3.05) is 0 Å². The van der Waals surface area contributed by atoms with Gasteiger partial charge < -0.3 is 10.2 Å². The normalized spacial score (nSPS) is 13.6. The number of carbonyl (C=O) groups is 1. The Morgan fingerprint density at radius 2 is 1.67 bits per heavy atom. The van der Waals surface area contributed by atoms with E-state index >= 15 is 0 Å². The fourth-order valence-corrected chi connectivity index (χ4v) is 3.22. The van der Waals surface area contributed by atoms with Crippen molar-refractivity contribution in [3.63, 3.8) is 0 Å². The SMILES string of the molecule is NC(=O)c1cccc(-c2nc3ccc(C4=C[C]4c4ccccc4)cc3o2)c1. The van der Waals surface area contributed by atoms with Gasteiger partial charge in [-0.2, -0.15) is 0 Å². The highest BCUT2D eigenvalue weighted by molar-refractivity contribution is 5.99. The van der Waals surface area contributed by atoms with Gasteiger partial charge >= 0.3 is 0 Å². The van der Waals surface area contributed by atoms with E-state index in [1.165, 1.54) is 17.1 Å². The van der Waals surface area contributed by atoms with Crippen LogP contribution in [0.15, 0.2) is 83.3 Å². The highest BCUT2D eigenvalue weighted by Gasteiger charge is 2.29. The molecule has 1 radical (unpaired) electrons. The van der Waals surface area contributed by atoms with E-state index in [-0.39, 0.29) is 0 Å². The first-order valence-electron chi connectivity index (χ1n) is 8.65. The number of oxazole rings is 1. The van der Waals surface area contributed by atoms with Crippen molar-refractivity contribution in [3.05, 3.63) is 101 Å². The maximum atomic E-state index is 11.4. The molecule has 0 spiro atoms. The van der Waals surface area contributed by atoms with Gasteiger partial charge in [-0.25, -0.2) is 4.98 Å². The molecule has 3 aromatic carbocycles. The molecule has 0 saturated heterocycles. The monoisotopic (exact) mass is 351 g/mol. The standard InChI is InChI=1S/C23H15N2O2/c24-22(26)16-7-4-8-17(11-16)23-25-20-10-9-15(12-21(20)27-23)19-13-18(19)14-5-2-1-3-6-14/h1-13H,(H2,24,26). The Balaban J connectivity index is 1.47. The number of allylic oxidation sites excluding steroid dienone is 2. The van der Waals surface area contributed by atoms with Gasteiger partial charge in [0.25, 0.3) is 0 Å². The van der Waals surface area contributed by atoms with Crippen LogP contribution in [0.1, 0.15) is 21.5 Å². The van der Waals surface area contributed by atoms with Crippen LogP contribution < -0.4 is 5.73 Å². The topological polar surface area (TPSA) is 69.1 Å². The first kappa shape index (κ1) is 15.6. The van der Waals surface area contributed by atoms with Crippen molar-refractivity contribution < 1.29 is 9.21 Å². The van der Waals surface area contributed by atoms with Gasteiger partial charge in [0, 0.05) is 11.1 Å². The van der Waals surface area contributed by atoms with Crippen LogP contribution >= 0.6 is 0 Å². The molecule has 0 aliphatic heterocycles. The van der Waals surface area contributed by atoms with E-state index in [4.69, 9.17) is 10.2 Å². The lowest BCUT2D eigenvalue weighted by Crippen LogP contribution is -2.10. The molecule has 2 N–H and O–H groups in total. The molecule has 129 valence electrons. The second-order valence-electron chi connectivity index (χ2n) is 6.48. The molecule has 0 bridgehead atoms. The number of nitrogens with two attached hydrogens (primary N) is 1. The van der Waals surface area contributed by atoms with Gasteiger partial charge in [-0.1, -0.05) is 48.5 Å². The van der Waals surface area contributed by atoms with Crippen LogP contribution in [0, 0.1) is 5.92 Å². The van der Waals surface area contributed by atoms with Gasteiger partial charge in [0.15, 0.2) is 5.58 Å². The van der Waals surface area contributed by atoms with E-state index in [9.17, 15) is 4.79 Å². The van der Waals surface area contributed by atoms with Crippen molar-refractivity contribution in [3.8, 4) is 11.5 Å². The second-order valence-corrected chi connectivity index (χ2v) is 6.48. The van der Waals surface area contributed by atoms with Gasteiger partial charge in [-0.15, -0.1) is 0 Å². The summed E-state index contributed by atoms with van der Waals surface area (Å²) in [6.45, 7) is 0. The molecule has 1 amide bonds. The molecule has 5 rings (SSSR count). The zero-order valence-corrected chi connectivity index (χ0v) is 14.3. The van der Waals surface area contributed by atoms with E-state index in [1.807, 2.05) is 36.4 Å². The minimum atomic E-state index is -0.472. The van der Waals surface area contributed by atoms with E-state index in [2.05, 4.69) is 29.3 Å². The van der Waals surface area contributed by atoms with Crippen molar-refractivity contribution in [2.45, 2.75) is 0 Å². The third kappa shape index (κ3) is 2.81. The number of amides is 1. The third-order valence-electron chi connectivity index (χ3n) is 4.67. The molecule has 27 heavy (non-hydrogen) atoms. The average molecular weight is 351 g/mol. The summed E-state index contributed by atoms with van der Waals surface area (Å²) in [5, 5.41) is 0. The quantitative estimate of drug-likeness (QED) is 0.583.